The molecule has 0 N–H and O–H groups in total. The first-order chi connectivity index (χ1) is 13.2. The number of nitrogens with zero attached hydrogens (tertiary/aromatic N) is 2. The van der Waals surface area contributed by atoms with Gasteiger partial charge in [-0.15, -0.1) is 0 Å². The SMILES string of the molecule is O=C1C(=Cc2ccc(F)cc2)N=C(c2ccccc2)N1Cc1ccccc1. The van der Waals surface area contributed by atoms with Gasteiger partial charge in [0.2, 0.25) is 0 Å². The summed E-state index contributed by atoms with van der Waals surface area (Å²) >= 11 is 0. The Hall–Kier alpha value is -3.53. The lowest BCUT2D eigenvalue weighted by Crippen LogP contribution is -2.32. The van der Waals surface area contributed by atoms with Crippen molar-refractivity contribution in [2.75, 3.05) is 0 Å². The van der Waals surface area contributed by atoms with Crippen molar-refractivity contribution in [2.24, 2.45) is 4.99 Å². The summed E-state index contributed by atoms with van der Waals surface area (Å²) in [6.07, 6.45) is 1.69. The number of hydrogen-bond donors (Lipinski definition) is 0. The highest BCUT2D eigenvalue weighted by atomic mass is 19.1. The molecule has 0 aromatic heterocycles. The highest BCUT2D eigenvalue weighted by Gasteiger charge is 2.31. The molecule has 3 aromatic carbocycles. The third-order valence-corrected chi connectivity index (χ3v) is 4.34. The Kier molecular flexibility index (Phi) is 4.62. The van der Waals surface area contributed by atoms with Gasteiger partial charge in [0.05, 0.1) is 6.54 Å². The van der Waals surface area contributed by atoms with Gasteiger partial charge in [-0.05, 0) is 29.3 Å². The van der Waals surface area contributed by atoms with Crippen molar-refractivity contribution >= 4 is 17.8 Å². The molecule has 1 heterocycles. The summed E-state index contributed by atoms with van der Waals surface area (Å²) in [6, 6.07) is 25.5. The average Bonchev–Trinajstić information content (AvgIpc) is 3.01. The second kappa shape index (κ2) is 7.38. The Bertz CT molecular complexity index is 1010. The van der Waals surface area contributed by atoms with Crippen molar-refractivity contribution in [2.45, 2.75) is 6.54 Å². The van der Waals surface area contributed by atoms with Gasteiger partial charge in [0.25, 0.3) is 5.91 Å². The monoisotopic (exact) mass is 356 g/mol. The predicted molar refractivity (Wildman–Crippen MR) is 104 cm³/mol. The summed E-state index contributed by atoms with van der Waals surface area (Å²) in [6.45, 7) is 0.439. The van der Waals surface area contributed by atoms with Crippen LogP contribution in [-0.4, -0.2) is 16.6 Å². The zero-order valence-corrected chi connectivity index (χ0v) is 14.5. The molecule has 132 valence electrons. The van der Waals surface area contributed by atoms with E-state index >= 15 is 0 Å². The molecule has 3 nitrogen and oxygen atoms in total. The van der Waals surface area contributed by atoms with Gasteiger partial charge >= 0.3 is 0 Å². The molecule has 1 aliphatic heterocycles. The molecule has 0 bridgehead atoms. The fourth-order valence-electron chi connectivity index (χ4n) is 2.99. The smallest absolute Gasteiger partial charge is 0.278 e. The van der Waals surface area contributed by atoms with Gasteiger partial charge in [-0.1, -0.05) is 72.8 Å². The number of rotatable bonds is 4. The van der Waals surface area contributed by atoms with E-state index in [1.165, 1.54) is 12.1 Å². The number of amidine groups is 1. The number of carbonyl (C=O) groups is 1. The molecule has 1 amide bonds. The maximum Gasteiger partial charge on any atom is 0.278 e. The first kappa shape index (κ1) is 16.9. The molecular weight excluding hydrogens is 339 g/mol. The van der Waals surface area contributed by atoms with E-state index in [-0.39, 0.29) is 11.7 Å². The van der Waals surface area contributed by atoms with Crippen LogP contribution < -0.4 is 0 Å². The van der Waals surface area contributed by atoms with Crippen LogP contribution in [0.3, 0.4) is 0 Å². The second-order valence-corrected chi connectivity index (χ2v) is 6.26. The highest BCUT2D eigenvalue weighted by Crippen LogP contribution is 2.24. The lowest BCUT2D eigenvalue weighted by atomic mass is 10.1. The molecule has 3 aromatic rings. The quantitative estimate of drug-likeness (QED) is 0.626. The molecule has 0 spiro atoms. The minimum absolute atomic E-state index is 0.165. The summed E-state index contributed by atoms with van der Waals surface area (Å²) in [4.78, 5) is 19.3. The van der Waals surface area contributed by atoms with E-state index in [1.807, 2.05) is 60.7 Å². The number of aliphatic imine (C=N–C) groups is 1. The number of hydrogen-bond acceptors (Lipinski definition) is 2. The zero-order chi connectivity index (χ0) is 18.6. The van der Waals surface area contributed by atoms with E-state index in [9.17, 15) is 9.18 Å². The second-order valence-electron chi connectivity index (χ2n) is 6.26. The van der Waals surface area contributed by atoms with E-state index in [1.54, 1.807) is 23.1 Å². The minimum Gasteiger partial charge on any atom is -0.286 e. The van der Waals surface area contributed by atoms with Crippen LogP contribution in [0.15, 0.2) is 95.6 Å². The van der Waals surface area contributed by atoms with Gasteiger partial charge in [-0.25, -0.2) is 9.38 Å². The van der Waals surface area contributed by atoms with E-state index in [0.717, 1.165) is 16.7 Å². The normalized spacial score (nSPS) is 15.3. The Balaban J connectivity index is 1.72. The number of carbonyl (C=O) groups excluding carboxylic acids is 1. The summed E-state index contributed by atoms with van der Waals surface area (Å²) in [5.41, 5.74) is 2.98. The Morgan fingerprint density at radius 3 is 2.15 bits per heavy atom. The average molecular weight is 356 g/mol. The first-order valence-electron chi connectivity index (χ1n) is 8.68. The van der Waals surface area contributed by atoms with Crippen LogP contribution in [0, 0.1) is 5.82 Å². The van der Waals surface area contributed by atoms with E-state index in [2.05, 4.69) is 4.99 Å². The summed E-state index contributed by atoms with van der Waals surface area (Å²) in [7, 11) is 0. The van der Waals surface area contributed by atoms with Gasteiger partial charge in [0.1, 0.15) is 17.3 Å². The van der Waals surface area contributed by atoms with Gasteiger partial charge < -0.3 is 0 Å². The predicted octanol–water partition coefficient (Wildman–Crippen LogP) is 4.66. The fourth-order valence-corrected chi connectivity index (χ4v) is 2.99. The third kappa shape index (κ3) is 3.70. The molecule has 0 radical (unpaired) electrons. The van der Waals surface area contributed by atoms with Crippen LogP contribution >= 0.6 is 0 Å². The molecule has 0 saturated heterocycles. The number of halogens is 1. The highest BCUT2D eigenvalue weighted by molar-refractivity contribution is 6.19. The van der Waals surface area contributed by atoms with Crippen LogP contribution in [0.5, 0.6) is 0 Å². The first-order valence-corrected chi connectivity index (χ1v) is 8.68. The molecule has 0 saturated carbocycles. The minimum atomic E-state index is -0.311. The van der Waals surface area contributed by atoms with Crippen molar-refractivity contribution in [3.63, 3.8) is 0 Å². The largest absolute Gasteiger partial charge is 0.286 e. The van der Waals surface area contributed by atoms with E-state index < -0.39 is 0 Å². The zero-order valence-electron chi connectivity index (χ0n) is 14.5. The van der Waals surface area contributed by atoms with Crippen molar-refractivity contribution < 1.29 is 9.18 Å². The Morgan fingerprint density at radius 1 is 0.852 bits per heavy atom. The molecule has 27 heavy (non-hydrogen) atoms. The van der Waals surface area contributed by atoms with Gasteiger partial charge in [-0.2, -0.15) is 0 Å². The van der Waals surface area contributed by atoms with Crippen molar-refractivity contribution in [3.8, 4) is 0 Å². The standard InChI is InChI=1S/C23H17FN2O/c24-20-13-11-17(12-14-20)15-21-23(27)26(16-18-7-3-1-4-8-18)22(25-21)19-9-5-2-6-10-19/h1-15H,16H2. The van der Waals surface area contributed by atoms with Crippen LogP contribution in [0.25, 0.3) is 6.08 Å². The van der Waals surface area contributed by atoms with Gasteiger partial charge in [0.15, 0.2) is 0 Å². The molecule has 4 heteroatoms. The summed E-state index contributed by atoms with van der Waals surface area (Å²) < 4.78 is 13.1. The molecule has 0 atom stereocenters. The van der Waals surface area contributed by atoms with Crippen molar-refractivity contribution in [3.05, 3.63) is 113 Å². The number of benzene rings is 3. The molecular formula is C23H17FN2O. The van der Waals surface area contributed by atoms with E-state index in [4.69, 9.17) is 0 Å². The molecule has 4 rings (SSSR count). The van der Waals surface area contributed by atoms with Crippen molar-refractivity contribution in [1.29, 1.82) is 0 Å². The lowest BCUT2D eigenvalue weighted by molar-refractivity contribution is -0.123. The van der Waals surface area contributed by atoms with Crippen molar-refractivity contribution in [1.82, 2.24) is 4.90 Å². The maximum atomic E-state index is 13.1. The Labute approximate surface area is 157 Å². The topological polar surface area (TPSA) is 32.7 Å². The van der Waals surface area contributed by atoms with Gasteiger partial charge in [-0.3, -0.25) is 9.69 Å². The van der Waals surface area contributed by atoms with Gasteiger partial charge in [0, 0.05) is 5.56 Å². The van der Waals surface area contributed by atoms with Crippen LogP contribution in [-0.2, 0) is 11.3 Å². The van der Waals surface area contributed by atoms with E-state index in [0.29, 0.717) is 18.1 Å². The van der Waals surface area contributed by atoms with Crippen LogP contribution in [0.2, 0.25) is 0 Å². The number of amides is 1. The lowest BCUT2D eigenvalue weighted by Gasteiger charge is -2.18. The summed E-state index contributed by atoms with van der Waals surface area (Å²) in [5, 5.41) is 0. The maximum absolute atomic E-state index is 13.1. The fraction of sp³-hybridized carbons (Fsp3) is 0.0435. The molecule has 0 aliphatic carbocycles. The van der Waals surface area contributed by atoms with Crippen LogP contribution in [0.4, 0.5) is 4.39 Å². The third-order valence-electron chi connectivity index (χ3n) is 4.34. The molecule has 0 unspecified atom stereocenters. The molecule has 1 aliphatic rings. The molecule has 0 fully saturated rings. The summed E-state index contributed by atoms with van der Waals surface area (Å²) in [5.74, 6) is 0.147. The Morgan fingerprint density at radius 2 is 1.48 bits per heavy atom. The van der Waals surface area contributed by atoms with Crippen LogP contribution in [0.1, 0.15) is 16.7 Å².